The number of morpholine rings is 1. The highest BCUT2D eigenvalue weighted by Gasteiger charge is 2.22. The van der Waals surface area contributed by atoms with Crippen molar-refractivity contribution in [3.8, 4) is 11.1 Å². The van der Waals surface area contributed by atoms with Crippen LogP contribution in [0.2, 0.25) is 0 Å². The fourth-order valence-electron chi connectivity index (χ4n) is 3.05. The molecule has 1 aliphatic rings. The van der Waals surface area contributed by atoms with E-state index >= 15 is 0 Å². The highest BCUT2D eigenvalue weighted by Crippen LogP contribution is 2.20. The zero-order chi connectivity index (χ0) is 16.9. The number of ether oxygens (including phenoxy) is 1. The molecule has 1 saturated heterocycles. The lowest BCUT2D eigenvalue weighted by Gasteiger charge is -2.32. The third kappa shape index (κ3) is 4.02. The van der Waals surface area contributed by atoms with E-state index in [2.05, 4.69) is 24.1 Å². The largest absolute Gasteiger partial charge is 0.374 e. The second-order valence-electron chi connectivity index (χ2n) is 6.39. The Morgan fingerprint density at radius 1 is 1.17 bits per heavy atom. The SMILES string of the molecule is CN1CCOC(CN(C)C(=O)c2cccc(-c3ccccc3)c2)C1. The molecule has 126 valence electrons. The topological polar surface area (TPSA) is 32.8 Å². The van der Waals surface area contributed by atoms with Gasteiger partial charge >= 0.3 is 0 Å². The lowest BCUT2D eigenvalue weighted by atomic mass is 10.0. The van der Waals surface area contributed by atoms with Gasteiger partial charge in [-0.1, -0.05) is 42.5 Å². The van der Waals surface area contributed by atoms with Crippen molar-refractivity contribution in [2.24, 2.45) is 0 Å². The van der Waals surface area contributed by atoms with Crippen molar-refractivity contribution >= 4 is 5.91 Å². The third-order valence-electron chi connectivity index (χ3n) is 4.38. The zero-order valence-corrected chi connectivity index (χ0v) is 14.3. The molecular formula is C20H24N2O2. The van der Waals surface area contributed by atoms with E-state index in [0.717, 1.165) is 30.8 Å². The number of nitrogens with zero attached hydrogens (tertiary/aromatic N) is 2. The summed E-state index contributed by atoms with van der Waals surface area (Å²) in [6.07, 6.45) is 0.0787. The third-order valence-corrected chi connectivity index (χ3v) is 4.38. The summed E-state index contributed by atoms with van der Waals surface area (Å²) in [5.74, 6) is 0.0320. The van der Waals surface area contributed by atoms with Gasteiger partial charge in [-0.15, -0.1) is 0 Å². The molecule has 1 amide bonds. The Morgan fingerprint density at radius 3 is 2.67 bits per heavy atom. The molecule has 0 aliphatic carbocycles. The maximum absolute atomic E-state index is 12.7. The van der Waals surface area contributed by atoms with Crippen LogP contribution in [0, 0.1) is 0 Å². The number of hydrogen-bond donors (Lipinski definition) is 0. The smallest absolute Gasteiger partial charge is 0.253 e. The van der Waals surface area contributed by atoms with Gasteiger partial charge in [0.1, 0.15) is 0 Å². The van der Waals surface area contributed by atoms with E-state index in [0.29, 0.717) is 12.1 Å². The molecule has 0 bridgehead atoms. The van der Waals surface area contributed by atoms with E-state index < -0.39 is 0 Å². The molecule has 4 nitrogen and oxygen atoms in total. The summed E-state index contributed by atoms with van der Waals surface area (Å²) in [4.78, 5) is 16.7. The fraction of sp³-hybridized carbons (Fsp3) is 0.350. The Morgan fingerprint density at radius 2 is 1.92 bits per heavy atom. The number of carbonyl (C=O) groups excluding carboxylic acids is 1. The van der Waals surface area contributed by atoms with Crippen LogP contribution in [-0.4, -0.2) is 62.1 Å². The van der Waals surface area contributed by atoms with Gasteiger partial charge in [0.15, 0.2) is 0 Å². The summed E-state index contributed by atoms with van der Waals surface area (Å²) in [5, 5.41) is 0. The molecule has 0 N–H and O–H groups in total. The predicted octanol–water partition coefficient (Wildman–Crippen LogP) is 2.76. The number of carbonyl (C=O) groups is 1. The highest BCUT2D eigenvalue weighted by molar-refractivity contribution is 5.95. The standard InChI is InChI=1S/C20H24N2O2/c1-21-11-12-24-19(14-21)15-22(2)20(23)18-10-6-9-17(13-18)16-7-4-3-5-8-16/h3-10,13,19H,11-12,14-15H2,1-2H3. The number of hydrogen-bond acceptors (Lipinski definition) is 3. The van der Waals surface area contributed by atoms with Gasteiger partial charge in [-0.3, -0.25) is 4.79 Å². The molecule has 0 spiro atoms. The highest BCUT2D eigenvalue weighted by atomic mass is 16.5. The van der Waals surface area contributed by atoms with E-state index in [4.69, 9.17) is 4.74 Å². The first kappa shape index (κ1) is 16.7. The Labute approximate surface area is 143 Å². The first-order valence-corrected chi connectivity index (χ1v) is 8.34. The van der Waals surface area contributed by atoms with Gasteiger partial charge in [-0.05, 0) is 30.3 Å². The molecule has 1 aliphatic heterocycles. The van der Waals surface area contributed by atoms with E-state index in [1.807, 2.05) is 49.5 Å². The van der Waals surface area contributed by atoms with Gasteiger partial charge in [0.05, 0.1) is 12.7 Å². The van der Waals surface area contributed by atoms with Crippen molar-refractivity contribution in [3.63, 3.8) is 0 Å². The van der Waals surface area contributed by atoms with Crippen LogP contribution in [0.4, 0.5) is 0 Å². The van der Waals surface area contributed by atoms with Gasteiger partial charge in [-0.25, -0.2) is 0 Å². The van der Waals surface area contributed by atoms with Crippen molar-refractivity contribution in [3.05, 3.63) is 60.2 Å². The zero-order valence-electron chi connectivity index (χ0n) is 14.3. The molecule has 24 heavy (non-hydrogen) atoms. The summed E-state index contributed by atoms with van der Waals surface area (Å²) < 4.78 is 5.76. The van der Waals surface area contributed by atoms with Crippen LogP contribution in [0.15, 0.2) is 54.6 Å². The molecule has 1 unspecified atom stereocenters. The summed E-state index contributed by atoms with van der Waals surface area (Å²) in [6, 6.07) is 17.9. The first-order valence-electron chi connectivity index (χ1n) is 8.34. The molecule has 0 aromatic heterocycles. The van der Waals surface area contributed by atoms with E-state index in [1.165, 1.54) is 0 Å². The first-order chi connectivity index (χ1) is 11.6. The summed E-state index contributed by atoms with van der Waals surface area (Å²) in [7, 11) is 3.93. The molecule has 1 fully saturated rings. The van der Waals surface area contributed by atoms with Crippen molar-refractivity contribution in [1.29, 1.82) is 0 Å². The van der Waals surface area contributed by atoms with Crippen molar-refractivity contribution < 1.29 is 9.53 Å². The average molecular weight is 324 g/mol. The monoisotopic (exact) mass is 324 g/mol. The van der Waals surface area contributed by atoms with Crippen LogP contribution >= 0.6 is 0 Å². The Kier molecular flexibility index (Phi) is 5.28. The Hall–Kier alpha value is -2.17. The van der Waals surface area contributed by atoms with Gasteiger partial charge in [-0.2, -0.15) is 0 Å². The summed E-state index contributed by atoms with van der Waals surface area (Å²) in [5.41, 5.74) is 2.89. The molecule has 1 atom stereocenters. The van der Waals surface area contributed by atoms with Gasteiger partial charge in [0.25, 0.3) is 5.91 Å². The molecule has 1 heterocycles. The van der Waals surface area contributed by atoms with E-state index in [1.54, 1.807) is 4.90 Å². The van der Waals surface area contributed by atoms with Crippen molar-refractivity contribution in [2.75, 3.05) is 40.3 Å². The maximum atomic E-state index is 12.7. The lowest BCUT2D eigenvalue weighted by Crippen LogP contribution is -2.46. The molecule has 2 aromatic carbocycles. The van der Waals surface area contributed by atoms with Crippen LogP contribution in [-0.2, 0) is 4.74 Å². The number of likely N-dealkylation sites (N-methyl/N-ethyl adjacent to an activating group) is 2. The minimum atomic E-state index is 0.0320. The van der Waals surface area contributed by atoms with Crippen LogP contribution < -0.4 is 0 Å². The minimum Gasteiger partial charge on any atom is -0.374 e. The van der Waals surface area contributed by atoms with Gasteiger partial charge in [0.2, 0.25) is 0 Å². The van der Waals surface area contributed by atoms with Crippen LogP contribution in [0.5, 0.6) is 0 Å². The van der Waals surface area contributed by atoms with Gasteiger partial charge in [0, 0.05) is 32.2 Å². The van der Waals surface area contributed by atoms with E-state index in [9.17, 15) is 4.79 Å². The molecular weight excluding hydrogens is 300 g/mol. The quantitative estimate of drug-likeness (QED) is 0.867. The molecule has 4 heteroatoms. The van der Waals surface area contributed by atoms with Crippen molar-refractivity contribution in [1.82, 2.24) is 9.80 Å². The Bertz CT molecular complexity index is 687. The summed E-state index contributed by atoms with van der Waals surface area (Å²) >= 11 is 0. The van der Waals surface area contributed by atoms with Gasteiger partial charge < -0.3 is 14.5 Å². The summed E-state index contributed by atoms with van der Waals surface area (Å²) in [6.45, 7) is 3.15. The second-order valence-corrected chi connectivity index (χ2v) is 6.39. The minimum absolute atomic E-state index is 0.0320. The van der Waals surface area contributed by atoms with Crippen LogP contribution in [0.1, 0.15) is 10.4 Å². The maximum Gasteiger partial charge on any atom is 0.253 e. The fourth-order valence-corrected chi connectivity index (χ4v) is 3.05. The van der Waals surface area contributed by atoms with Crippen LogP contribution in [0.25, 0.3) is 11.1 Å². The molecule has 0 saturated carbocycles. The normalized spacial score (nSPS) is 18.3. The molecule has 0 radical (unpaired) electrons. The molecule has 2 aromatic rings. The molecule has 3 rings (SSSR count). The predicted molar refractivity (Wildman–Crippen MR) is 96.1 cm³/mol. The number of benzene rings is 2. The lowest BCUT2D eigenvalue weighted by molar-refractivity contribution is -0.0301. The number of rotatable bonds is 4. The number of amides is 1. The van der Waals surface area contributed by atoms with Crippen molar-refractivity contribution in [2.45, 2.75) is 6.10 Å². The van der Waals surface area contributed by atoms with Crippen LogP contribution in [0.3, 0.4) is 0 Å². The second kappa shape index (κ2) is 7.60. The van der Waals surface area contributed by atoms with E-state index in [-0.39, 0.29) is 12.0 Å². The average Bonchev–Trinajstić information content (AvgIpc) is 2.62. The Balaban J connectivity index is 1.70.